The summed E-state index contributed by atoms with van der Waals surface area (Å²) in [6.07, 6.45) is 1.43. The number of aromatic nitrogens is 1. The second-order valence-electron chi connectivity index (χ2n) is 7.22. The van der Waals surface area contributed by atoms with Gasteiger partial charge in [0.05, 0.1) is 9.49 Å². The molecule has 0 aromatic carbocycles. The van der Waals surface area contributed by atoms with E-state index in [4.69, 9.17) is 27.3 Å². The van der Waals surface area contributed by atoms with Gasteiger partial charge in [0.15, 0.2) is 5.54 Å². The molecule has 0 saturated carbocycles. The molecule has 2 aliphatic rings. The third-order valence-corrected chi connectivity index (χ3v) is 8.37. The Hall–Kier alpha value is -2.39. The summed E-state index contributed by atoms with van der Waals surface area (Å²) in [5.41, 5.74) is 3.19. The Morgan fingerprint density at radius 3 is 2.84 bits per heavy atom. The van der Waals surface area contributed by atoms with Crippen LogP contribution in [0.5, 0.6) is 0 Å². The minimum Gasteiger partial charge on any atom is -0.464 e. The number of alkyl halides is 3. The fourth-order valence-electron chi connectivity index (χ4n) is 3.73. The van der Waals surface area contributed by atoms with Crippen LogP contribution in [0.15, 0.2) is 46.2 Å². The van der Waals surface area contributed by atoms with E-state index in [9.17, 15) is 13.6 Å². The first-order valence-corrected chi connectivity index (χ1v) is 12.2. The highest BCUT2D eigenvalue weighted by atomic mass is 127. The number of allylic oxidation sites excluding steroid dienone is 3. The van der Waals surface area contributed by atoms with E-state index in [0.717, 1.165) is 0 Å². The molecule has 3 atom stereocenters. The third kappa shape index (κ3) is 4.08. The van der Waals surface area contributed by atoms with Gasteiger partial charge in [-0.1, -0.05) is 23.0 Å². The Balaban J connectivity index is 1.95. The van der Waals surface area contributed by atoms with E-state index in [1.807, 2.05) is 6.07 Å². The molecule has 11 heteroatoms. The van der Waals surface area contributed by atoms with E-state index < -0.39 is 47.9 Å². The third-order valence-electron chi connectivity index (χ3n) is 5.45. The molecule has 1 aromatic rings. The summed E-state index contributed by atoms with van der Waals surface area (Å²) in [4.78, 5) is 20.7. The summed E-state index contributed by atoms with van der Waals surface area (Å²) < 4.78 is 37.8. The molecule has 1 unspecified atom stereocenters. The van der Waals surface area contributed by atoms with Crippen molar-refractivity contribution < 1.29 is 18.3 Å². The predicted molar refractivity (Wildman–Crippen MR) is 122 cm³/mol. The normalized spacial score (nSPS) is 28.0. The number of pyridine rings is 1. The summed E-state index contributed by atoms with van der Waals surface area (Å²) in [5.74, 6) is -0.535. The van der Waals surface area contributed by atoms with Crippen molar-refractivity contribution >= 4 is 48.8 Å². The van der Waals surface area contributed by atoms with Crippen molar-refractivity contribution in [2.75, 3.05) is 6.61 Å². The van der Waals surface area contributed by atoms with Gasteiger partial charge >= 0.3 is 0 Å². The maximum atomic E-state index is 14.7. The molecule has 164 valence electrons. The molecule has 1 amide bonds. The number of hydrogen-bond acceptors (Lipinski definition) is 6. The van der Waals surface area contributed by atoms with Crippen LogP contribution < -0.4 is 11.1 Å². The quantitative estimate of drug-likeness (QED) is 0.423. The largest absolute Gasteiger partial charge is 0.464 e. The van der Waals surface area contributed by atoms with Crippen LogP contribution in [-0.2, 0) is 4.74 Å². The molecule has 1 aliphatic carbocycles. The lowest BCUT2D eigenvalue weighted by atomic mass is 9.64. The Kier molecular flexibility index (Phi) is 6.76. The molecule has 3 rings (SSSR count). The zero-order chi connectivity index (χ0) is 22.8. The molecule has 3 N–H and O–H groups in total. The van der Waals surface area contributed by atoms with Crippen molar-refractivity contribution in [2.24, 2.45) is 16.1 Å². The number of amidine groups is 1. The molecule has 1 aliphatic heterocycles. The van der Waals surface area contributed by atoms with Crippen LogP contribution in [0.2, 0.25) is 0 Å². The standard InChI is InChI=1S/C20H19ClF2IN5O2/c1-19(20(17(22)23)15(24-2)10-31-18(26)29-20)7-12(4-6-14(19)21)28-16(30)13-5-3-11(8-25)9-27-13/h3-6,9,15,17H,2,7,10H2,1H3,(H2,26,29)(H,28,30)/t15-,19?,20+/m0/s1. The highest BCUT2D eigenvalue weighted by Crippen LogP contribution is 2.56. The number of hydrogen-bond donors (Lipinski definition) is 2. The number of aliphatic imine (C=N–C) groups is 1. The molecule has 0 spiro atoms. The first-order valence-electron chi connectivity index (χ1n) is 9.05. The lowest BCUT2D eigenvalue weighted by Crippen LogP contribution is -2.62. The van der Waals surface area contributed by atoms with E-state index in [0.29, 0.717) is 11.3 Å². The predicted octanol–water partition coefficient (Wildman–Crippen LogP) is 3.22. The number of carbonyl (C=O) groups excluding carboxylic acids is 1. The average Bonchev–Trinajstić information content (AvgIpc) is 2.76. The van der Waals surface area contributed by atoms with Gasteiger partial charge in [-0.3, -0.25) is 4.79 Å². The van der Waals surface area contributed by atoms with Gasteiger partial charge in [0.1, 0.15) is 18.4 Å². The first kappa shape index (κ1) is 23.3. The van der Waals surface area contributed by atoms with Gasteiger partial charge in [0, 0.05) is 28.8 Å². The fraction of sp³-hybridized carbons (Fsp3) is 0.350. The smallest absolute Gasteiger partial charge is 0.282 e. The van der Waals surface area contributed by atoms with Gasteiger partial charge in [0.25, 0.3) is 18.4 Å². The summed E-state index contributed by atoms with van der Waals surface area (Å²) in [6.45, 7) is 1.57. The average molecular weight is 562 g/mol. The van der Waals surface area contributed by atoms with Crippen molar-refractivity contribution in [3.63, 3.8) is 0 Å². The van der Waals surface area contributed by atoms with E-state index >= 15 is 0 Å². The van der Waals surface area contributed by atoms with Gasteiger partial charge in [0.2, 0.25) is 0 Å². The van der Waals surface area contributed by atoms with E-state index in [1.54, 1.807) is 13.0 Å². The zero-order valence-electron chi connectivity index (χ0n) is 16.4. The molecule has 0 bridgehead atoms. The summed E-state index contributed by atoms with van der Waals surface area (Å²) in [7, 11) is 0. The number of nitrogens with one attached hydrogen (secondary N) is 1. The van der Waals surface area contributed by atoms with Crippen LogP contribution >= 0.6 is 32.3 Å². The highest BCUT2D eigenvalue weighted by Gasteiger charge is 2.63. The molecule has 0 radical (unpaired) electrons. The number of rotatable bonds is 5. The van der Waals surface area contributed by atoms with E-state index in [1.165, 1.54) is 24.4 Å². The molecule has 0 fully saturated rings. The molecule has 1 aromatic heterocycles. The van der Waals surface area contributed by atoms with Crippen LogP contribution in [0.1, 0.15) is 29.4 Å². The van der Waals surface area contributed by atoms with Crippen molar-refractivity contribution in [3.05, 3.63) is 52.5 Å². The van der Waals surface area contributed by atoms with Crippen LogP contribution in [0.4, 0.5) is 8.78 Å². The van der Waals surface area contributed by atoms with Crippen molar-refractivity contribution in [1.82, 2.24) is 10.3 Å². The number of halogens is 4. The number of amides is 1. The SMILES string of the molecule is C=I[C@H]1COC(N)=N[C@]1(C(F)F)C1(C)CC(NC(=O)c2ccc(C#N)cn2)=CC=C1Cl. The second-order valence-corrected chi connectivity index (χ2v) is 10.0. The van der Waals surface area contributed by atoms with Crippen LogP contribution in [0, 0.1) is 16.7 Å². The summed E-state index contributed by atoms with van der Waals surface area (Å²) >= 11 is 5.53. The Labute approximate surface area is 192 Å². The molecular formula is C20H19ClF2IN5O2. The minimum absolute atomic E-state index is 0.00822. The number of carbonyl (C=O) groups is 1. The highest BCUT2D eigenvalue weighted by molar-refractivity contribution is 14.2. The molecular weight excluding hydrogens is 543 g/mol. The number of nitrogens with two attached hydrogens (primary N) is 1. The summed E-state index contributed by atoms with van der Waals surface area (Å²) in [5, 5.41) is 11.7. The fourth-order valence-corrected chi connectivity index (χ4v) is 6.22. The van der Waals surface area contributed by atoms with Gasteiger partial charge < -0.3 is 15.8 Å². The number of ether oxygens (including phenoxy) is 1. The van der Waals surface area contributed by atoms with Crippen molar-refractivity contribution in [1.29, 1.82) is 5.26 Å². The van der Waals surface area contributed by atoms with Gasteiger partial charge in [-0.05, 0) is 24.3 Å². The van der Waals surface area contributed by atoms with Crippen LogP contribution in [0.3, 0.4) is 0 Å². The zero-order valence-corrected chi connectivity index (χ0v) is 19.3. The monoisotopic (exact) mass is 561 g/mol. The van der Waals surface area contributed by atoms with Gasteiger partial charge in [-0.2, -0.15) is 5.26 Å². The number of nitriles is 1. The summed E-state index contributed by atoms with van der Waals surface area (Å²) in [6, 6.07) is 4.48. The lowest BCUT2D eigenvalue weighted by Gasteiger charge is -2.51. The topological polar surface area (TPSA) is 113 Å². The Bertz CT molecular complexity index is 1040. The van der Waals surface area contributed by atoms with E-state index in [-0.39, 0.29) is 29.8 Å². The maximum Gasteiger partial charge on any atom is 0.282 e. The molecule has 31 heavy (non-hydrogen) atoms. The van der Waals surface area contributed by atoms with E-state index in [2.05, 4.69) is 19.8 Å². The van der Waals surface area contributed by atoms with Crippen LogP contribution in [-0.4, -0.2) is 43.9 Å². The van der Waals surface area contributed by atoms with Crippen molar-refractivity contribution in [3.8, 4) is 6.07 Å². The maximum absolute atomic E-state index is 14.7. The second kappa shape index (κ2) is 9.00. The van der Waals surface area contributed by atoms with Crippen LogP contribution in [0.25, 0.3) is 0 Å². The molecule has 0 saturated heterocycles. The van der Waals surface area contributed by atoms with Crippen molar-refractivity contribution in [2.45, 2.75) is 29.2 Å². The molecule has 7 nitrogen and oxygen atoms in total. The number of nitrogens with zero attached hydrogens (tertiary/aromatic N) is 3. The minimum atomic E-state index is -2.89. The van der Waals surface area contributed by atoms with Gasteiger partial charge in [-0.15, -0.1) is 20.7 Å². The molecule has 2 heterocycles. The first-order chi connectivity index (χ1) is 14.7. The Morgan fingerprint density at radius 1 is 1.52 bits per heavy atom. The Morgan fingerprint density at radius 2 is 2.26 bits per heavy atom. The lowest BCUT2D eigenvalue weighted by molar-refractivity contribution is -0.0221. The van der Waals surface area contributed by atoms with Gasteiger partial charge in [-0.25, -0.2) is 18.8 Å².